The Bertz CT molecular complexity index is 438. The van der Waals surface area contributed by atoms with Gasteiger partial charge >= 0.3 is 0 Å². The summed E-state index contributed by atoms with van der Waals surface area (Å²) in [4.78, 5) is 2.41. The van der Waals surface area contributed by atoms with Crippen LogP contribution in [0.5, 0.6) is 0 Å². The van der Waals surface area contributed by atoms with Gasteiger partial charge in [0, 0.05) is 29.3 Å². The van der Waals surface area contributed by atoms with Gasteiger partial charge in [0.05, 0.1) is 12.7 Å². The first-order valence-electron chi connectivity index (χ1n) is 7.54. The van der Waals surface area contributed by atoms with Crippen LogP contribution in [0, 0.1) is 0 Å². The molecule has 2 N–H and O–H groups in total. The van der Waals surface area contributed by atoms with Crippen LogP contribution in [0.25, 0.3) is 0 Å². The Morgan fingerprint density at radius 1 is 1.45 bits per heavy atom. The Morgan fingerprint density at radius 2 is 2.25 bits per heavy atom. The lowest BCUT2D eigenvalue weighted by molar-refractivity contribution is 0.0384. The summed E-state index contributed by atoms with van der Waals surface area (Å²) in [5, 5.41) is 0. The van der Waals surface area contributed by atoms with Crippen molar-refractivity contribution < 1.29 is 4.74 Å². The van der Waals surface area contributed by atoms with Gasteiger partial charge in [-0.2, -0.15) is 0 Å². The summed E-state index contributed by atoms with van der Waals surface area (Å²) < 4.78 is 6.90. The van der Waals surface area contributed by atoms with Gasteiger partial charge in [-0.1, -0.05) is 35.8 Å². The van der Waals surface area contributed by atoms with Gasteiger partial charge in [-0.25, -0.2) is 0 Å². The monoisotopic (exact) mass is 340 g/mol. The van der Waals surface area contributed by atoms with Crippen molar-refractivity contribution in [1.29, 1.82) is 0 Å². The van der Waals surface area contributed by atoms with Gasteiger partial charge in [0.15, 0.2) is 0 Å². The third kappa shape index (κ3) is 3.96. The van der Waals surface area contributed by atoms with E-state index in [9.17, 15) is 0 Å². The quantitative estimate of drug-likeness (QED) is 0.893. The van der Waals surface area contributed by atoms with Crippen LogP contribution in [-0.2, 0) is 11.2 Å². The third-order valence-electron chi connectivity index (χ3n) is 4.00. The standard InChI is InChI=1S/C16H25BrN2O/c1-3-13(18)9-12-5-6-14(10-16(12)17)19-7-8-20-15(4-2)11-19/h5-6,10,13,15H,3-4,7-9,11,18H2,1-2H3. The molecular weight excluding hydrogens is 316 g/mol. The highest BCUT2D eigenvalue weighted by molar-refractivity contribution is 9.10. The van der Waals surface area contributed by atoms with E-state index in [2.05, 4.69) is 52.9 Å². The molecule has 1 aliphatic rings. The molecule has 0 spiro atoms. The van der Waals surface area contributed by atoms with Gasteiger partial charge in [0.25, 0.3) is 0 Å². The van der Waals surface area contributed by atoms with Crippen molar-refractivity contribution in [2.24, 2.45) is 5.73 Å². The molecular formula is C16H25BrN2O. The molecule has 0 bridgehead atoms. The van der Waals surface area contributed by atoms with Crippen LogP contribution >= 0.6 is 15.9 Å². The molecule has 112 valence electrons. The first kappa shape index (κ1) is 15.8. The van der Waals surface area contributed by atoms with E-state index in [4.69, 9.17) is 10.5 Å². The second-order valence-corrected chi connectivity index (χ2v) is 6.35. The molecule has 0 amide bonds. The first-order chi connectivity index (χ1) is 9.63. The van der Waals surface area contributed by atoms with Crippen molar-refractivity contribution in [2.45, 2.75) is 45.3 Å². The molecule has 1 aliphatic heterocycles. The van der Waals surface area contributed by atoms with Crippen LogP contribution in [0.2, 0.25) is 0 Å². The first-order valence-corrected chi connectivity index (χ1v) is 8.33. The largest absolute Gasteiger partial charge is 0.375 e. The van der Waals surface area contributed by atoms with E-state index >= 15 is 0 Å². The molecule has 2 unspecified atom stereocenters. The summed E-state index contributed by atoms with van der Waals surface area (Å²) >= 11 is 3.69. The van der Waals surface area contributed by atoms with E-state index in [1.165, 1.54) is 15.7 Å². The van der Waals surface area contributed by atoms with E-state index in [1.807, 2.05) is 0 Å². The molecule has 0 radical (unpaired) electrons. The van der Waals surface area contributed by atoms with Crippen molar-refractivity contribution >= 4 is 21.6 Å². The zero-order valence-corrected chi connectivity index (χ0v) is 14.0. The summed E-state index contributed by atoms with van der Waals surface area (Å²) in [6.07, 6.45) is 3.37. The van der Waals surface area contributed by atoms with Crippen LogP contribution in [0.3, 0.4) is 0 Å². The highest BCUT2D eigenvalue weighted by Crippen LogP contribution is 2.26. The average molecular weight is 341 g/mol. The van der Waals surface area contributed by atoms with E-state index in [1.54, 1.807) is 0 Å². The maximum absolute atomic E-state index is 6.04. The minimum atomic E-state index is 0.241. The normalized spacial score (nSPS) is 21.0. The van der Waals surface area contributed by atoms with E-state index in [0.29, 0.717) is 6.10 Å². The number of ether oxygens (including phenoxy) is 1. The lowest BCUT2D eigenvalue weighted by Crippen LogP contribution is -2.42. The highest BCUT2D eigenvalue weighted by Gasteiger charge is 2.19. The second-order valence-electron chi connectivity index (χ2n) is 5.50. The fourth-order valence-electron chi connectivity index (χ4n) is 2.53. The van der Waals surface area contributed by atoms with Gasteiger partial charge in [-0.15, -0.1) is 0 Å². The molecule has 20 heavy (non-hydrogen) atoms. The predicted molar refractivity (Wildman–Crippen MR) is 88.4 cm³/mol. The Hall–Kier alpha value is -0.580. The number of morpholine rings is 1. The molecule has 3 nitrogen and oxygen atoms in total. The molecule has 1 aromatic carbocycles. The molecule has 1 heterocycles. The second kappa shape index (κ2) is 7.43. The Labute approximate surface area is 130 Å². The number of nitrogens with two attached hydrogens (primary N) is 1. The SMILES string of the molecule is CCC(N)Cc1ccc(N2CCOC(CC)C2)cc1Br. The fourth-order valence-corrected chi connectivity index (χ4v) is 3.05. The van der Waals surface area contributed by atoms with Crippen LogP contribution in [0.15, 0.2) is 22.7 Å². The van der Waals surface area contributed by atoms with Crippen LogP contribution in [-0.4, -0.2) is 31.8 Å². The van der Waals surface area contributed by atoms with Crippen molar-refractivity contribution in [1.82, 2.24) is 0 Å². The molecule has 0 aromatic heterocycles. The van der Waals surface area contributed by atoms with Gasteiger partial charge in [0.2, 0.25) is 0 Å². The zero-order chi connectivity index (χ0) is 14.5. The molecule has 2 atom stereocenters. The topological polar surface area (TPSA) is 38.5 Å². The van der Waals surface area contributed by atoms with E-state index in [-0.39, 0.29) is 6.04 Å². The maximum Gasteiger partial charge on any atom is 0.0748 e. The Kier molecular flexibility index (Phi) is 5.87. The number of rotatable bonds is 5. The van der Waals surface area contributed by atoms with Crippen molar-refractivity contribution in [3.63, 3.8) is 0 Å². The van der Waals surface area contributed by atoms with Crippen LogP contribution < -0.4 is 10.6 Å². The molecule has 4 heteroatoms. The molecule has 1 fully saturated rings. The summed E-state index contributed by atoms with van der Waals surface area (Å²) in [7, 11) is 0. The summed E-state index contributed by atoms with van der Waals surface area (Å²) in [5.74, 6) is 0. The minimum Gasteiger partial charge on any atom is -0.375 e. The maximum atomic E-state index is 6.04. The number of anilines is 1. The van der Waals surface area contributed by atoms with Crippen LogP contribution in [0.1, 0.15) is 32.3 Å². The van der Waals surface area contributed by atoms with Gasteiger partial charge in [-0.05, 0) is 37.0 Å². The van der Waals surface area contributed by atoms with Crippen molar-refractivity contribution in [3.05, 3.63) is 28.2 Å². The van der Waals surface area contributed by atoms with E-state index < -0.39 is 0 Å². The van der Waals surface area contributed by atoms with Crippen molar-refractivity contribution in [3.8, 4) is 0 Å². The average Bonchev–Trinajstić information content (AvgIpc) is 2.49. The highest BCUT2D eigenvalue weighted by atomic mass is 79.9. The van der Waals surface area contributed by atoms with Crippen LogP contribution in [0.4, 0.5) is 5.69 Å². The smallest absolute Gasteiger partial charge is 0.0748 e. The number of benzene rings is 1. The lowest BCUT2D eigenvalue weighted by atomic mass is 10.0. The van der Waals surface area contributed by atoms with Gasteiger partial charge in [0.1, 0.15) is 0 Å². The fraction of sp³-hybridized carbons (Fsp3) is 0.625. The number of halogens is 1. The number of hydrogen-bond donors (Lipinski definition) is 1. The summed E-state index contributed by atoms with van der Waals surface area (Å²) in [6.45, 7) is 7.08. The Balaban J connectivity index is 2.08. The third-order valence-corrected chi connectivity index (χ3v) is 4.74. The summed E-state index contributed by atoms with van der Waals surface area (Å²) in [6, 6.07) is 6.87. The minimum absolute atomic E-state index is 0.241. The molecule has 0 aliphatic carbocycles. The predicted octanol–water partition coefficient (Wildman–Crippen LogP) is 3.34. The number of nitrogens with zero attached hydrogens (tertiary/aromatic N) is 1. The number of hydrogen-bond acceptors (Lipinski definition) is 3. The molecule has 2 rings (SSSR count). The van der Waals surface area contributed by atoms with Gasteiger partial charge < -0.3 is 15.4 Å². The zero-order valence-electron chi connectivity index (χ0n) is 12.4. The Morgan fingerprint density at radius 3 is 2.90 bits per heavy atom. The summed E-state index contributed by atoms with van der Waals surface area (Å²) in [5.41, 5.74) is 8.61. The lowest BCUT2D eigenvalue weighted by Gasteiger charge is -2.34. The molecule has 1 aromatic rings. The molecule has 0 saturated carbocycles. The van der Waals surface area contributed by atoms with Gasteiger partial charge in [-0.3, -0.25) is 0 Å². The van der Waals surface area contributed by atoms with E-state index in [0.717, 1.165) is 39.0 Å². The molecule has 1 saturated heterocycles. The van der Waals surface area contributed by atoms with Crippen molar-refractivity contribution in [2.75, 3.05) is 24.6 Å².